The average molecular weight is 312 g/mol. The molecule has 1 aromatic heterocycles. The molecule has 0 unspecified atom stereocenters. The molecule has 2 atom stereocenters. The zero-order chi connectivity index (χ0) is 14.4. The van der Waals surface area contributed by atoms with Gasteiger partial charge in [0.05, 0.1) is 11.4 Å². The molecular weight excluding hydrogens is 292 g/mol. The Morgan fingerprint density at radius 2 is 2.30 bits per heavy atom. The zero-order valence-electron chi connectivity index (χ0n) is 11.6. The summed E-state index contributed by atoms with van der Waals surface area (Å²) < 4.78 is 0. The number of hydrogen-bond donors (Lipinski definition) is 2. The second-order valence-corrected chi connectivity index (χ2v) is 7.22. The minimum Gasteiger partial charge on any atom is -0.351 e. The van der Waals surface area contributed by atoms with E-state index in [4.69, 9.17) is 0 Å². The van der Waals surface area contributed by atoms with Crippen LogP contribution in [-0.2, 0) is 4.79 Å². The van der Waals surface area contributed by atoms with Gasteiger partial charge in [-0.05, 0) is 30.0 Å². The first-order valence-corrected chi connectivity index (χ1v) is 8.86. The topological polar surface area (TPSA) is 58.2 Å². The number of carbonyl (C=O) groups excluding carboxylic acids is 2. The molecule has 4 nitrogen and oxygen atoms in total. The van der Waals surface area contributed by atoms with E-state index in [0.29, 0.717) is 10.1 Å². The van der Waals surface area contributed by atoms with Gasteiger partial charge in [0.25, 0.3) is 5.91 Å². The fraction of sp³-hybridized carbons (Fsp3) is 0.571. The molecule has 1 aromatic rings. The van der Waals surface area contributed by atoms with Gasteiger partial charge in [0.1, 0.15) is 0 Å². The van der Waals surface area contributed by atoms with Crippen molar-refractivity contribution in [3.05, 3.63) is 22.4 Å². The van der Waals surface area contributed by atoms with E-state index in [1.807, 2.05) is 23.2 Å². The summed E-state index contributed by atoms with van der Waals surface area (Å²) in [6, 6.07) is 3.83. The number of thioether (sulfide) groups is 1. The van der Waals surface area contributed by atoms with Gasteiger partial charge in [0.2, 0.25) is 5.91 Å². The third kappa shape index (κ3) is 4.24. The Kier molecular flexibility index (Phi) is 5.91. The minimum atomic E-state index is -0.180. The highest BCUT2D eigenvalue weighted by Crippen LogP contribution is 2.29. The molecule has 1 aliphatic carbocycles. The second kappa shape index (κ2) is 7.69. The smallest absolute Gasteiger partial charge is 0.261 e. The van der Waals surface area contributed by atoms with E-state index in [0.717, 1.165) is 12.2 Å². The van der Waals surface area contributed by atoms with Crippen molar-refractivity contribution in [1.82, 2.24) is 10.6 Å². The summed E-state index contributed by atoms with van der Waals surface area (Å²) in [4.78, 5) is 24.3. The molecular formula is C14H20N2O2S2. The van der Waals surface area contributed by atoms with Crippen molar-refractivity contribution in [2.45, 2.75) is 37.5 Å². The van der Waals surface area contributed by atoms with E-state index in [9.17, 15) is 9.59 Å². The first-order valence-electron chi connectivity index (χ1n) is 6.93. The van der Waals surface area contributed by atoms with Crippen LogP contribution in [-0.4, -0.2) is 35.4 Å². The Morgan fingerprint density at radius 1 is 1.45 bits per heavy atom. The van der Waals surface area contributed by atoms with Crippen molar-refractivity contribution >= 4 is 34.9 Å². The lowest BCUT2D eigenvalue weighted by atomic mass is 10.2. The highest BCUT2D eigenvalue weighted by molar-refractivity contribution is 7.99. The lowest BCUT2D eigenvalue weighted by Crippen LogP contribution is -2.44. The molecule has 1 heterocycles. The fourth-order valence-corrected chi connectivity index (χ4v) is 4.26. The van der Waals surface area contributed by atoms with Crippen LogP contribution in [0.4, 0.5) is 0 Å². The van der Waals surface area contributed by atoms with E-state index < -0.39 is 0 Å². The number of thiophene rings is 1. The van der Waals surface area contributed by atoms with E-state index in [1.54, 1.807) is 6.07 Å². The van der Waals surface area contributed by atoms with Crippen LogP contribution in [0.25, 0.3) is 0 Å². The van der Waals surface area contributed by atoms with Crippen LogP contribution in [0, 0.1) is 0 Å². The monoisotopic (exact) mass is 312 g/mol. The van der Waals surface area contributed by atoms with Gasteiger partial charge in [-0.25, -0.2) is 0 Å². The summed E-state index contributed by atoms with van der Waals surface area (Å²) in [6.45, 7) is 2.19. The highest BCUT2D eigenvalue weighted by atomic mass is 32.2. The fourth-order valence-electron chi connectivity index (χ4n) is 2.42. The van der Waals surface area contributed by atoms with Crippen LogP contribution in [0.3, 0.4) is 0 Å². The number of rotatable bonds is 6. The Hall–Kier alpha value is -1.01. The SMILES string of the molecule is CCS[C@@H]1CCC[C@@H]1NC(=O)CNC(=O)c1cccs1. The molecule has 2 N–H and O–H groups in total. The predicted molar refractivity (Wildman–Crippen MR) is 84.4 cm³/mol. The summed E-state index contributed by atoms with van der Waals surface area (Å²) in [5.41, 5.74) is 0. The van der Waals surface area contributed by atoms with Gasteiger partial charge < -0.3 is 10.6 Å². The first-order chi connectivity index (χ1) is 9.70. The molecule has 0 aliphatic heterocycles. The van der Waals surface area contributed by atoms with Crippen LogP contribution in [0.2, 0.25) is 0 Å². The van der Waals surface area contributed by atoms with Crippen molar-refractivity contribution in [1.29, 1.82) is 0 Å². The van der Waals surface area contributed by atoms with E-state index in [-0.39, 0.29) is 24.4 Å². The molecule has 1 fully saturated rings. The van der Waals surface area contributed by atoms with E-state index in [2.05, 4.69) is 17.6 Å². The lowest BCUT2D eigenvalue weighted by Gasteiger charge is -2.20. The summed E-state index contributed by atoms with van der Waals surface area (Å²) in [6.07, 6.45) is 3.39. The molecule has 1 saturated carbocycles. The lowest BCUT2D eigenvalue weighted by molar-refractivity contribution is -0.120. The normalized spacial score (nSPS) is 21.6. The Balaban J connectivity index is 1.74. The molecule has 0 radical (unpaired) electrons. The van der Waals surface area contributed by atoms with Gasteiger partial charge in [-0.1, -0.05) is 19.4 Å². The van der Waals surface area contributed by atoms with Crippen LogP contribution < -0.4 is 10.6 Å². The summed E-state index contributed by atoms with van der Waals surface area (Å²) in [5, 5.41) is 8.07. The quantitative estimate of drug-likeness (QED) is 0.847. The average Bonchev–Trinajstić information content (AvgIpc) is 3.09. The zero-order valence-corrected chi connectivity index (χ0v) is 13.2. The van der Waals surface area contributed by atoms with Crippen molar-refractivity contribution in [2.75, 3.05) is 12.3 Å². The van der Waals surface area contributed by atoms with Gasteiger partial charge >= 0.3 is 0 Å². The van der Waals surface area contributed by atoms with Gasteiger partial charge in [-0.3, -0.25) is 9.59 Å². The van der Waals surface area contributed by atoms with Crippen LogP contribution in [0.15, 0.2) is 17.5 Å². The Labute approximate surface area is 127 Å². The second-order valence-electron chi connectivity index (χ2n) is 4.76. The van der Waals surface area contributed by atoms with Gasteiger partial charge in [0, 0.05) is 11.3 Å². The van der Waals surface area contributed by atoms with E-state index in [1.165, 1.54) is 24.2 Å². The molecule has 0 spiro atoms. The van der Waals surface area contributed by atoms with Crippen LogP contribution >= 0.6 is 23.1 Å². The van der Waals surface area contributed by atoms with Gasteiger partial charge in [-0.2, -0.15) is 11.8 Å². The largest absolute Gasteiger partial charge is 0.351 e. The number of amides is 2. The predicted octanol–water partition coefficient (Wildman–Crippen LogP) is 2.27. The maximum atomic E-state index is 11.9. The highest BCUT2D eigenvalue weighted by Gasteiger charge is 2.28. The summed E-state index contributed by atoms with van der Waals surface area (Å²) in [7, 11) is 0. The van der Waals surface area contributed by atoms with Gasteiger partial charge in [0.15, 0.2) is 0 Å². The summed E-state index contributed by atoms with van der Waals surface area (Å²) >= 11 is 3.29. The third-order valence-electron chi connectivity index (χ3n) is 3.33. The number of hydrogen-bond acceptors (Lipinski definition) is 4. The van der Waals surface area contributed by atoms with Gasteiger partial charge in [-0.15, -0.1) is 11.3 Å². The Bertz CT molecular complexity index is 448. The maximum absolute atomic E-state index is 11.9. The molecule has 110 valence electrons. The standard InChI is InChI=1S/C14H20N2O2S2/c1-2-19-11-6-3-5-10(11)16-13(17)9-15-14(18)12-7-4-8-20-12/h4,7-8,10-11H,2-3,5-6,9H2,1H3,(H,15,18)(H,16,17)/t10-,11+/m0/s1. The van der Waals surface area contributed by atoms with Crippen molar-refractivity contribution in [2.24, 2.45) is 0 Å². The molecule has 2 amide bonds. The maximum Gasteiger partial charge on any atom is 0.261 e. The van der Waals surface area contributed by atoms with Crippen molar-refractivity contribution in [3.63, 3.8) is 0 Å². The number of carbonyl (C=O) groups is 2. The summed E-state index contributed by atoms with van der Waals surface area (Å²) in [5.74, 6) is 0.802. The molecule has 20 heavy (non-hydrogen) atoms. The van der Waals surface area contributed by atoms with Crippen molar-refractivity contribution < 1.29 is 9.59 Å². The van der Waals surface area contributed by atoms with Crippen molar-refractivity contribution in [3.8, 4) is 0 Å². The minimum absolute atomic E-state index is 0.0523. The van der Waals surface area contributed by atoms with Crippen LogP contribution in [0.5, 0.6) is 0 Å². The van der Waals surface area contributed by atoms with Crippen LogP contribution in [0.1, 0.15) is 35.9 Å². The number of nitrogens with one attached hydrogen (secondary N) is 2. The molecule has 6 heteroatoms. The first kappa shape index (κ1) is 15.4. The molecule has 1 aliphatic rings. The third-order valence-corrected chi connectivity index (χ3v) is 5.53. The van der Waals surface area contributed by atoms with E-state index >= 15 is 0 Å². The molecule has 0 saturated heterocycles. The Morgan fingerprint density at radius 3 is 3.00 bits per heavy atom. The molecule has 0 bridgehead atoms. The molecule has 2 rings (SSSR count). The molecule has 0 aromatic carbocycles.